The monoisotopic (exact) mass is 353 g/mol. The van der Waals surface area contributed by atoms with Crippen LogP contribution in [0.25, 0.3) is 0 Å². The van der Waals surface area contributed by atoms with E-state index in [2.05, 4.69) is 15.9 Å². The first-order chi connectivity index (χ1) is 9.45. The lowest BCUT2D eigenvalue weighted by molar-refractivity contribution is 0.592. The van der Waals surface area contributed by atoms with Gasteiger partial charge in [0.2, 0.25) is 0 Å². The molecule has 2 rings (SSSR count). The second-order valence-electron chi connectivity index (χ2n) is 4.46. The molecule has 5 heteroatoms. The molecule has 0 unspecified atom stereocenters. The molecule has 0 saturated heterocycles. The summed E-state index contributed by atoms with van der Waals surface area (Å²) in [6.07, 6.45) is 0. The molecule has 0 radical (unpaired) electrons. The molecule has 0 atom stereocenters. The minimum atomic E-state index is -3.52. The maximum absolute atomic E-state index is 12.7. The first-order valence-electron chi connectivity index (χ1n) is 6.30. The van der Waals surface area contributed by atoms with Crippen molar-refractivity contribution < 1.29 is 8.42 Å². The van der Waals surface area contributed by atoms with Crippen LogP contribution in [-0.2, 0) is 10.0 Å². The van der Waals surface area contributed by atoms with Crippen LogP contribution in [0, 0.1) is 6.92 Å². The first kappa shape index (κ1) is 15.1. The van der Waals surface area contributed by atoms with E-state index in [1.54, 1.807) is 24.3 Å². The van der Waals surface area contributed by atoms with Crippen LogP contribution in [0.2, 0.25) is 0 Å². The van der Waals surface area contributed by atoms with Crippen molar-refractivity contribution in [2.45, 2.75) is 18.7 Å². The summed E-state index contributed by atoms with van der Waals surface area (Å²) in [5.74, 6) is 0. The van der Waals surface area contributed by atoms with E-state index >= 15 is 0 Å². The number of sulfonamides is 1. The molecule has 0 spiro atoms. The Kier molecular flexibility index (Phi) is 4.50. The Labute approximate surface area is 128 Å². The van der Waals surface area contributed by atoms with Gasteiger partial charge in [0.15, 0.2) is 0 Å². The molecule has 0 aromatic heterocycles. The van der Waals surface area contributed by atoms with E-state index in [1.807, 2.05) is 38.1 Å². The summed E-state index contributed by atoms with van der Waals surface area (Å²) >= 11 is 3.35. The third kappa shape index (κ3) is 3.04. The van der Waals surface area contributed by atoms with Crippen molar-refractivity contribution in [2.24, 2.45) is 0 Å². The molecule has 0 aliphatic carbocycles. The van der Waals surface area contributed by atoms with Crippen LogP contribution in [-0.4, -0.2) is 15.0 Å². The zero-order valence-electron chi connectivity index (χ0n) is 11.4. The van der Waals surface area contributed by atoms with Gasteiger partial charge in [-0.1, -0.05) is 33.6 Å². The summed E-state index contributed by atoms with van der Waals surface area (Å²) in [7, 11) is -3.52. The number of halogens is 1. The lowest BCUT2D eigenvalue weighted by Gasteiger charge is -2.23. The summed E-state index contributed by atoms with van der Waals surface area (Å²) in [6.45, 7) is 4.15. The predicted octanol–water partition coefficient (Wildman–Crippen LogP) is 3.97. The van der Waals surface area contributed by atoms with E-state index < -0.39 is 10.0 Å². The number of anilines is 1. The van der Waals surface area contributed by atoms with Gasteiger partial charge >= 0.3 is 0 Å². The van der Waals surface area contributed by atoms with Crippen LogP contribution in [0.15, 0.2) is 57.9 Å². The highest BCUT2D eigenvalue weighted by Gasteiger charge is 2.23. The predicted molar refractivity (Wildman–Crippen MR) is 85.5 cm³/mol. The van der Waals surface area contributed by atoms with E-state index in [9.17, 15) is 8.42 Å². The molecule has 0 fully saturated rings. The molecule has 20 heavy (non-hydrogen) atoms. The van der Waals surface area contributed by atoms with Gasteiger partial charge in [0, 0.05) is 11.0 Å². The molecule has 3 nitrogen and oxygen atoms in total. The molecule has 0 aliphatic heterocycles. The fraction of sp³-hybridized carbons (Fsp3) is 0.200. The van der Waals surface area contributed by atoms with Crippen LogP contribution in [0.5, 0.6) is 0 Å². The van der Waals surface area contributed by atoms with Crippen molar-refractivity contribution in [3.63, 3.8) is 0 Å². The lowest BCUT2D eigenvalue weighted by Crippen LogP contribution is -2.30. The molecule has 0 bridgehead atoms. The average Bonchev–Trinajstić information content (AvgIpc) is 2.42. The quantitative estimate of drug-likeness (QED) is 0.833. The molecule has 0 N–H and O–H groups in total. The van der Waals surface area contributed by atoms with Gasteiger partial charge in [-0.05, 0) is 50.2 Å². The van der Waals surface area contributed by atoms with Gasteiger partial charge in [-0.25, -0.2) is 8.42 Å². The Bertz CT molecular complexity index is 679. The highest BCUT2D eigenvalue weighted by Crippen LogP contribution is 2.25. The van der Waals surface area contributed by atoms with Crippen molar-refractivity contribution in [3.8, 4) is 0 Å². The Morgan fingerprint density at radius 3 is 2.05 bits per heavy atom. The lowest BCUT2D eigenvalue weighted by atomic mass is 10.2. The number of nitrogens with zero attached hydrogens (tertiary/aromatic N) is 1. The molecule has 0 amide bonds. The Hall–Kier alpha value is -1.33. The average molecular weight is 354 g/mol. The minimum Gasteiger partial charge on any atom is -0.267 e. The molecule has 0 heterocycles. The number of aryl methyl sites for hydroxylation is 1. The third-order valence-corrected chi connectivity index (χ3v) is 5.46. The second kappa shape index (κ2) is 5.97. The number of benzene rings is 2. The maximum Gasteiger partial charge on any atom is 0.264 e. The summed E-state index contributed by atoms with van der Waals surface area (Å²) < 4.78 is 27.7. The smallest absolute Gasteiger partial charge is 0.264 e. The summed E-state index contributed by atoms with van der Waals surface area (Å²) in [5.41, 5.74) is 1.70. The van der Waals surface area contributed by atoms with Gasteiger partial charge in [0.25, 0.3) is 10.0 Å². The Morgan fingerprint density at radius 1 is 1.00 bits per heavy atom. The minimum absolute atomic E-state index is 0.313. The third-order valence-electron chi connectivity index (χ3n) is 3.01. The standard InChI is InChI=1S/C15H16BrNO2S/c1-3-17(14-8-6-13(16)7-9-14)20(18,19)15-10-4-12(2)5-11-15/h4-11H,3H2,1-2H3. The van der Waals surface area contributed by atoms with Gasteiger partial charge in [-0.15, -0.1) is 0 Å². The van der Waals surface area contributed by atoms with Gasteiger partial charge in [0.05, 0.1) is 10.6 Å². The van der Waals surface area contributed by atoms with E-state index in [1.165, 1.54) is 4.31 Å². The van der Waals surface area contributed by atoms with Crippen molar-refractivity contribution >= 4 is 31.6 Å². The maximum atomic E-state index is 12.7. The second-order valence-corrected chi connectivity index (χ2v) is 7.24. The largest absolute Gasteiger partial charge is 0.267 e. The van der Waals surface area contributed by atoms with Crippen LogP contribution in [0.3, 0.4) is 0 Å². The first-order valence-corrected chi connectivity index (χ1v) is 8.53. The number of rotatable bonds is 4. The molecule has 0 saturated carbocycles. The molecule has 2 aromatic rings. The number of hydrogen-bond acceptors (Lipinski definition) is 2. The normalized spacial score (nSPS) is 11.3. The van der Waals surface area contributed by atoms with E-state index in [-0.39, 0.29) is 0 Å². The highest BCUT2D eigenvalue weighted by atomic mass is 79.9. The van der Waals surface area contributed by atoms with Crippen LogP contribution >= 0.6 is 15.9 Å². The van der Waals surface area contributed by atoms with Crippen LogP contribution in [0.1, 0.15) is 12.5 Å². The highest BCUT2D eigenvalue weighted by molar-refractivity contribution is 9.10. The fourth-order valence-corrected chi connectivity index (χ4v) is 3.67. The zero-order chi connectivity index (χ0) is 14.8. The summed E-state index contributed by atoms with van der Waals surface area (Å²) in [6, 6.07) is 14.2. The topological polar surface area (TPSA) is 37.4 Å². The van der Waals surface area contributed by atoms with Crippen molar-refractivity contribution in [2.75, 3.05) is 10.8 Å². The Morgan fingerprint density at radius 2 is 1.55 bits per heavy atom. The van der Waals surface area contributed by atoms with E-state index in [4.69, 9.17) is 0 Å². The van der Waals surface area contributed by atoms with Gasteiger partial charge in [0.1, 0.15) is 0 Å². The van der Waals surface area contributed by atoms with Crippen LogP contribution < -0.4 is 4.31 Å². The van der Waals surface area contributed by atoms with Gasteiger partial charge in [-0.3, -0.25) is 4.31 Å². The number of hydrogen-bond donors (Lipinski definition) is 0. The Balaban J connectivity index is 2.44. The van der Waals surface area contributed by atoms with Gasteiger partial charge < -0.3 is 0 Å². The van der Waals surface area contributed by atoms with Crippen molar-refractivity contribution in [3.05, 3.63) is 58.6 Å². The van der Waals surface area contributed by atoms with Crippen LogP contribution in [0.4, 0.5) is 5.69 Å². The van der Waals surface area contributed by atoms with Crippen molar-refractivity contribution in [1.29, 1.82) is 0 Å². The van der Waals surface area contributed by atoms with E-state index in [0.29, 0.717) is 17.1 Å². The van der Waals surface area contributed by atoms with Crippen molar-refractivity contribution in [1.82, 2.24) is 0 Å². The SMILES string of the molecule is CCN(c1ccc(Br)cc1)S(=O)(=O)c1ccc(C)cc1. The van der Waals surface area contributed by atoms with Gasteiger partial charge in [-0.2, -0.15) is 0 Å². The molecule has 0 aliphatic rings. The molecule has 2 aromatic carbocycles. The molecule has 106 valence electrons. The fourth-order valence-electron chi connectivity index (χ4n) is 1.94. The van der Waals surface area contributed by atoms with E-state index in [0.717, 1.165) is 10.0 Å². The zero-order valence-corrected chi connectivity index (χ0v) is 13.8. The molecular formula is C15H16BrNO2S. The molecular weight excluding hydrogens is 338 g/mol. The summed E-state index contributed by atoms with van der Waals surface area (Å²) in [4.78, 5) is 0.313. The summed E-state index contributed by atoms with van der Waals surface area (Å²) in [5, 5.41) is 0.